The Morgan fingerprint density at radius 3 is 2.38 bits per heavy atom. The molecule has 0 aromatic heterocycles. The maximum atomic E-state index is 11.7. The van der Waals surface area contributed by atoms with Crippen LogP contribution in [0.5, 0.6) is 0 Å². The average molecular weight is 219 g/mol. The van der Waals surface area contributed by atoms with Crippen LogP contribution in [-0.4, -0.2) is 5.91 Å². The zero-order valence-corrected chi connectivity index (χ0v) is 10.4. The van der Waals surface area contributed by atoms with Gasteiger partial charge in [0, 0.05) is 12.1 Å². The molecule has 1 N–H and O–H groups in total. The molecule has 2 heteroatoms. The molecule has 0 saturated carbocycles. The van der Waals surface area contributed by atoms with E-state index in [2.05, 4.69) is 26.1 Å². The SMILES string of the molecule is CC(C)CC(C)CC(=O)Nc1ccccc1. The van der Waals surface area contributed by atoms with Gasteiger partial charge in [0.1, 0.15) is 0 Å². The summed E-state index contributed by atoms with van der Waals surface area (Å²) in [5.74, 6) is 1.21. The number of carbonyl (C=O) groups is 1. The molecule has 16 heavy (non-hydrogen) atoms. The van der Waals surface area contributed by atoms with Gasteiger partial charge in [0.05, 0.1) is 0 Å². The first-order valence-corrected chi connectivity index (χ1v) is 5.93. The maximum absolute atomic E-state index is 11.7. The van der Waals surface area contributed by atoms with Gasteiger partial charge in [-0.05, 0) is 30.4 Å². The first kappa shape index (κ1) is 12.8. The summed E-state index contributed by atoms with van der Waals surface area (Å²) in [5, 5.41) is 2.91. The molecule has 0 fully saturated rings. The van der Waals surface area contributed by atoms with Crippen LogP contribution < -0.4 is 5.32 Å². The maximum Gasteiger partial charge on any atom is 0.224 e. The van der Waals surface area contributed by atoms with Crippen LogP contribution in [0.25, 0.3) is 0 Å². The second kappa shape index (κ2) is 6.31. The summed E-state index contributed by atoms with van der Waals surface area (Å²) in [6.45, 7) is 6.50. The van der Waals surface area contributed by atoms with E-state index in [-0.39, 0.29) is 5.91 Å². The number of benzene rings is 1. The van der Waals surface area contributed by atoms with Crippen molar-refractivity contribution in [2.45, 2.75) is 33.6 Å². The monoisotopic (exact) mass is 219 g/mol. The van der Waals surface area contributed by atoms with Gasteiger partial charge in [-0.2, -0.15) is 0 Å². The first-order valence-electron chi connectivity index (χ1n) is 5.93. The summed E-state index contributed by atoms with van der Waals surface area (Å²) >= 11 is 0. The highest BCUT2D eigenvalue weighted by atomic mass is 16.1. The molecule has 1 amide bonds. The van der Waals surface area contributed by atoms with Crippen LogP contribution in [0.4, 0.5) is 5.69 Å². The fraction of sp³-hybridized carbons (Fsp3) is 0.500. The second-order valence-corrected chi connectivity index (χ2v) is 4.85. The Kier molecular flexibility index (Phi) is 5.03. The minimum absolute atomic E-state index is 0.111. The Bertz CT molecular complexity index is 319. The summed E-state index contributed by atoms with van der Waals surface area (Å²) in [7, 11) is 0. The van der Waals surface area contributed by atoms with Gasteiger partial charge in [-0.25, -0.2) is 0 Å². The zero-order valence-electron chi connectivity index (χ0n) is 10.4. The van der Waals surface area contributed by atoms with E-state index in [1.807, 2.05) is 30.3 Å². The van der Waals surface area contributed by atoms with Gasteiger partial charge in [-0.3, -0.25) is 4.79 Å². The number of carbonyl (C=O) groups excluding carboxylic acids is 1. The minimum Gasteiger partial charge on any atom is -0.326 e. The van der Waals surface area contributed by atoms with Crippen LogP contribution in [-0.2, 0) is 4.79 Å². The molecule has 1 aromatic carbocycles. The predicted molar refractivity (Wildman–Crippen MR) is 68.3 cm³/mol. The fourth-order valence-corrected chi connectivity index (χ4v) is 1.94. The molecular weight excluding hydrogens is 198 g/mol. The van der Waals surface area contributed by atoms with Crippen LogP contribution in [0.15, 0.2) is 30.3 Å². The average Bonchev–Trinajstić information content (AvgIpc) is 2.17. The molecule has 0 bridgehead atoms. The van der Waals surface area contributed by atoms with Crippen LogP contribution in [0.2, 0.25) is 0 Å². The largest absolute Gasteiger partial charge is 0.326 e. The lowest BCUT2D eigenvalue weighted by Gasteiger charge is -2.13. The molecule has 0 spiro atoms. The minimum atomic E-state index is 0.111. The Labute approximate surface area is 98.1 Å². The summed E-state index contributed by atoms with van der Waals surface area (Å²) in [6.07, 6.45) is 1.70. The highest BCUT2D eigenvalue weighted by Crippen LogP contribution is 2.15. The van der Waals surface area contributed by atoms with Gasteiger partial charge >= 0.3 is 0 Å². The molecule has 1 rings (SSSR count). The summed E-state index contributed by atoms with van der Waals surface area (Å²) in [4.78, 5) is 11.7. The van der Waals surface area contributed by atoms with E-state index in [1.54, 1.807) is 0 Å². The van der Waals surface area contributed by atoms with Gasteiger partial charge in [0.15, 0.2) is 0 Å². The Hall–Kier alpha value is -1.31. The molecule has 0 radical (unpaired) electrons. The number of hydrogen-bond donors (Lipinski definition) is 1. The van der Waals surface area contributed by atoms with E-state index in [0.717, 1.165) is 12.1 Å². The molecule has 1 atom stereocenters. The molecule has 1 unspecified atom stereocenters. The summed E-state index contributed by atoms with van der Waals surface area (Å²) < 4.78 is 0. The van der Waals surface area contributed by atoms with Crippen molar-refractivity contribution < 1.29 is 4.79 Å². The van der Waals surface area contributed by atoms with Crippen LogP contribution in [0.1, 0.15) is 33.6 Å². The van der Waals surface area contributed by atoms with Crippen LogP contribution >= 0.6 is 0 Å². The number of anilines is 1. The van der Waals surface area contributed by atoms with E-state index in [4.69, 9.17) is 0 Å². The van der Waals surface area contributed by atoms with E-state index in [9.17, 15) is 4.79 Å². The third kappa shape index (κ3) is 4.96. The normalized spacial score (nSPS) is 12.5. The molecule has 0 heterocycles. The smallest absolute Gasteiger partial charge is 0.224 e. The highest BCUT2D eigenvalue weighted by molar-refractivity contribution is 5.90. The highest BCUT2D eigenvalue weighted by Gasteiger charge is 2.10. The quantitative estimate of drug-likeness (QED) is 0.803. The molecule has 0 aliphatic carbocycles. The number of para-hydroxylation sites is 1. The van der Waals surface area contributed by atoms with Gasteiger partial charge in [-0.1, -0.05) is 39.0 Å². The Morgan fingerprint density at radius 1 is 1.19 bits per heavy atom. The summed E-state index contributed by atoms with van der Waals surface area (Å²) in [5.41, 5.74) is 0.879. The first-order chi connectivity index (χ1) is 7.58. The number of amides is 1. The van der Waals surface area contributed by atoms with Crippen molar-refractivity contribution in [1.82, 2.24) is 0 Å². The Morgan fingerprint density at radius 2 is 1.81 bits per heavy atom. The van der Waals surface area contributed by atoms with E-state index < -0.39 is 0 Å². The van der Waals surface area contributed by atoms with E-state index in [1.165, 1.54) is 0 Å². The van der Waals surface area contributed by atoms with Gasteiger partial charge in [-0.15, -0.1) is 0 Å². The van der Waals surface area contributed by atoms with Crippen molar-refractivity contribution in [1.29, 1.82) is 0 Å². The number of rotatable bonds is 5. The lowest BCUT2D eigenvalue weighted by molar-refractivity contribution is -0.117. The van der Waals surface area contributed by atoms with Crippen molar-refractivity contribution in [2.24, 2.45) is 11.8 Å². The van der Waals surface area contributed by atoms with Crippen molar-refractivity contribution in [2.75, 3.05) is 5.32 Å². The second-order valence-electron chi connectivity index (χ2n) is 4.85. The van der Waals surface area contributed by atoms with Crippen molar-refractivity contribution in [3.63, 3.8) is 0 Å². The zero-order chi connectivity index (χ0) is 12.0. The van der Waals surface area contributed by atoms with Gasteiger partial charge < -0.3 is 5.32 Å². The lowest BCUT2D eigenvalue weighted by Crippen LogP contribution is -2.15. The third-order valence-corrected chi connectivity index (χ3v) is 2.47. The fourth-order valence-electron chi connectivity index (χ4n) is 1.94. The van der Waals surface area contributed by atoms with Gasteiger partial charge in [0.2, 0.25) is 5.91 Å². The molecular formula is C14H21NO. The molecule has 88 valence electrons. The number of nitrogens with one attached hydrogen (secondary N) is 1. The Balaban J connectivity index is 2.36. The molecule has 0 saturated heterocycles. The van der Waals surface area contributed by atoms with Crippen molar-refractivity contribution >= 4 is 11.6 Å². The van der Waals surface area contributed by atoms with E-state index in [0.29, 0.717) is 18.3 Å². The molecule has 0 aliphatic rings. The predicted octanol–water partition coefficient (Wildman–Crippen LogP) is 3.70. The van der Waals surface area contributed by atoms with Crippen molar-refractivity contribution in [3.05, 3.63) is 30.3 Å². The van der Waals surface area contributed by atoms with E-state index >= 15 is 0 Å². The van der Waals surface area contributed by atoms with Crippen LogP contribution in [0.3, 0.4) is 0 Å². The standard InChI is InChI=1S/C14H21NO/c1-11(2)9-12(3)10-14(16)15-13-7-5-4-6-8-13/h4-8,11-12H,9-10H2,1-3H3,(H,15,16). The molecule has 0 aliphatic heterocycles. The van der Waals surface area contributed by atoms with Gasteiger partial charge in [0.25, 0.3) is 0 Å². The summed E-state index contributed by atoms with van der Waals surface area (Å²) in [6, 6.07) is 9.60. The topological polar surface area (TPSA) is 29.1 Å². The van der Waals surface area contributed by atoms with Crippen LogP contribution in [0, 0.1) is 11.8 Å². The number of hydrogen-bond acceptors (Lipinski definition) is 1. The molecule has 1 aromatic rings. The molecule has 2 nitrogen and oxygen atoms in total. The third-order valence-electron chi connectivity index (χ3n) is 2.47. The van der Waals surface area contributed by atoms with Crippen molar-refractivity contribution in [3.8, 4) is 0 Å². The lowest BCUT2D eigenvalue weighted by atomic mass is 9.96.